The van der Waals surface area contributed by atoms with Crippen LogP contribution in [0.15, 0.2) is 18.0 Å². The molecule has 146 valence electrons. The molecule has 0 unspecified atom stereocenters. The molecule has 4 N–H and O–H groups in total. The summed E-state index contributed by atoms with van der Waals surface area (Å²) in [5.74, 6) is 4.36. The lowest BCUT2D eigenvalue weighted by atomic mass is 9.53. The van der Waals surface area contributed by atoms with Gasteiger partial charge in [0, 0.05) is 12.1 Å². The summed E-state index contributed by atoms with van der Waals surface area (Å²) in [6, 6.07) is 0. The van der Waals surface area contributed by atoms with Crippen molar-refractivity contribution in [3.63, 3.8) is 0 Å². The maximum atomic E-state index is 6.47. The van der Waals surface area contributed by atoms with Crippen molar-refractivity contribution in [2.75, 3.05) is 22.9 Å². The largest absolute Gasteiger partial charge is 0.393 e. The van der Waals surface area contributed by atoms with Gasteiger partial charge in [-0.15, -0.1) is 0 Å². The maximum Gasteiger partial charge on any atom is 0.155 e. The Bertz CT molecular complexity index is 690. The van der Waals surface area contributed by atoms with Crippen LogP contribution in [-0.2, 0) is 0 Å². The van der Waals surface area contributed by atoms with Crippen LogP contribution < -0.4 is 16.4 Å². The van der Waals surface area contributed by atoms with E-state index in [9.17, 15) is 0 Å². The quantitative estimate of drug-likeness (QED) is 0.633. The van der Waals surface area contributed by atoms with E-state index in [0.29, 0.717) is 5.69 Å². The van der Waals surface area contributed by atoms with E-state index in [-0.39, 0.29) is 5.54 Å². The molecule has 0 spiro atoms. The number of nitrogens with one attached hydrogen (secondary N) is 2. The molecule has 6 rings (SSSR count). The highest BCUT2D eigenvalue weighted by Gasteiger charge is 2.51. The highest BCUT2D eigenvalue weighted by Crippen LogP contribution is 2.56. The molecule has 5 aliphatic rings. The fourth-order valence-corrected chi connectivity index (χ4v) is 6.62. The smallest absolute Gasteiger partial charge is 0.155 e. The van der Waals surface area contributed by atoms with Gasteiger partial charge in [0.2, 0.25) is 0 Å². The number of nitrogen functional groups attached to an aromatic ring is 1. The summed E-state index contributed by atoms with van der Waals surface area (Å²) in [7, 11) is 0. The Balaban J connectivity index is 1.25. The molecule has 4 fully saturated rings. The first-order valence-corrected chi connectivity index (χ1v) is 11.0. The number of rotatable bonds is 6. The SMILES string of the molecule is Nc1c(NCCC2=CCCCC2)ncnc1NC12CC3CC(CC(C3)C1)C2. The third-order valence-corrected chi connectivity index (χ3v) is 7.43. The van der Waals surface area contributed by atoms with Crippen molar-refractivity contribution >= 4 is 17.3 Å². The Kier molecular flexibility index (Phi) is 4.49. The number of aromatic nitrogens is 2. The summed E-state index contributed by atoms with van der Waals surface area (Å²) < 4.78 is 0. The zero-order valence-corrected chi connectivity index (χ0v) is 16.3. The van der Waals surface area contributed by atoms with Crippen LogP contribution in [0.25, 0.3) is 0 Å². The van der Waals surface area contributed by atoms with E-state index in [2.05, 4.69) is 26.7 Å². The second-order valence-corrected chi connectivity index (χ2v) is 9.59. The molecular weight excluding hydrogens is 334 g/mol. The third kappa shape index (κ3) is 3.53. The van der Waals surface area contributed by atoms with Gasteiger partial charge in [-0.2, -0.15) is 0 Å². The molecule has 0 aliphatic heterocycles. The Labute approximate surface area is 162 Å². The van der Waals surface area contributed by atoms with E-state index in [0.717, 1.165) is 42.4 Å². The van der Waals surface area contributed by atoms with Crippen LogP contribution in [0.5, 0.6) is 0 Å². The van der Waals surface area contributed by atoms with Crippen LogP contribution in [0.1, 0.15) is 70.6 Å². The summed E-state index contributed by atoms with van der Waals surface area (Å²) in [6.45, 7) is 0.893. The number of allylic oxidation sites excluding steroid dienone is 1. The Hall–Kier alpha value is -1.78. The van der Waals surface area contributed by atoms with Crippen molar-refractivity contribution in [1.82, 2.24) is 9.97 Å². The van der Waals surface area contributed by atoms with Crippen molar-refractivity contribution < 1.29 is 0 Å². The van der Waals surface area contributed by atoms with Crippen LogP contribution in [0.4, 0.5) is 17.3 Å². The first-order valence-electron chi connectivity index (χ1n) is 11.0. The molecule has 5 nitrogen and oxygen atoms in total. The van der Waals surface area contributed by atoms with E-state index < -0.39 is 0 Å². The zero-order valence-electron chi connectivity index (χ0n) is 16.3. The summed E-state index contributed by atoms with van der Waals surface area (Å²) in [4.78, 5) is 8.92. The van der Waals surface area contributed by atoms with E-state index >= 15 is 0 Å². The average molecular weight is 368 g/mol. The molecular formula is C22H33N5. The van der Waals surface area contributed by atoms with Crippen molar-refractivity contribution in [1.29, 1.82) is 0 Å². The summed E-state index contributed by atoms with van der Waals surface area (Å²) in [6.07, 6.45) is 18.5. The van der Waals surface area contributed by atoms with Gasteiger partial charge in [0.05, 0.1) is 0 Å². The molecule has 0 atom stereocenters. The first kappa shape index (κ1) is 17.3. The predicted octanol–water partition coefficient (Wildman–Crippen LogP) is 4.74. The van der Waals surface area contributed by atoms with Crippen LogP contribution in [-0.4, -0.2) is 22.1 Å². The fourth-order valence-electron chi connectivity index (χ4n) is 6.62. The molecule has 0 amide bonds. The van der Waals surface area contributed by atoms with E-state index in [1.807, 2.05) is 0 Å². The molecule has 1 aromatic rings. The lowest BCUT2D eigenvalue weighted by Gasteiger charge is -2.57. The molecule has 4 saturated carbocycles. The first-order chi connectivity index (χ1) is 13.2. The number of nitrogens with two attached hydrogens (primary N) is 1. The standard InChI is InChI=1S/C22H33N5/c23-19-20(24-7-6-15-4-2-1-3-5-15)25-14-26-21(19)27-22-11-16-8-17(12-22)10-18(9-16)13-22/h4,14,16-18H,1-3,5-13,23H2,(H2,24,25,26,27). The minimum atomic E-state index is 0.224. The second kappa shape index (κ2) is 6.99. The van der Waals surface area contributed by atoms with Crippen molar-refractivity contribution in [3.05, 3.63) is 18.0 Å². The van der Waals surface area contributed by atoms with Gasteiger partial charge in [0.1, 0.15) is 12.0 Å². The second-order valence-electron chi connectivity index (χ2n) is 9.59. The monoisotopic (exact) mass is 367 g/mol. The Morgan fingerprint density at radius 2 is 1.70 bits per heavy atom. The van der Waals surface area contributed by atoms with Crippen LogP contribution in [0.2, 0.25) is 0 Å². The molecule has 0 saturated heterocycles. The topological polar surface area (TPSA) is 75.9 Å². The number of anilines is 3. The maximum absolute atomic E-state index is 6.47. The molecule has 0 aromatic carbocycles. The minimum Gasteiger partial charge on any atom is -0.393 e. The highest BCUT2D eigenvalue weighted by molar-refractivity contribution is 5.74. The summed E-state index contributed by atoms with van der Waals surface area (Å²) >= 11 is 0. The molecule has 27 heavy (non-hydrogen) atoms. The molecule has 5 heteroatoms. The van der Waals surface area contributed by atoms with Crippen molar-refractivity contribution in [3.8, 4) is 0 Å². The van der Waals surface area contributed by atoms with Gasteiger partial charge in [0.15, 0.2) is 11.6 Å². The van der Waals surface area contributed by atoms with E-state index in [1.54, 1.807) is 11.9 Å². The lowest BCUT2D eigenvalue weighted by Crippen LogP contribution is -2.55. The molecule has 0 radical (unpaired) electrons. The van der Waals surface area contributed by atoms with Crippen LogP contribution in [0, 0.1) is 17.8 Å². The van der Waals surface area contributed by atoms with Gasteiger partial charge in [-0.05, 0) is 88.4 Å². The van der Waals surface area contributed by atoms with Crippen molar-refractivity contribution in [2.24, 2.45) is 17.8 Å². The van der Waals surface area contributed by atoms with Gasteiger partial charge in [0.25, 0.3) is 0 Å². The Morgan fingerprint density at radius 1 is 1.00 bits per heavy atom. The van der Waals surface area contributed by atoms with Gasteiger partial charge in [-0.3, -0.25) is 0 Å². The van der Waals surface area contributed by atoms with Crippen LogP contribution in [0.3, 0.4) is 0 Å². The van der Waals surface area contributed by atoms with Gasteiger partial charge in [-0.1, -0.05) is 11.6 Å². The highest BCUT2D eigenvalue weighted by atomic mass is 15.1. The summed E-state index contributed by atoms with van der Waals surface area (Å²) in [5.41, 5.74) is 8.95. The van der Waals surface area contributed by atoms with Crippen molar-refractivity contribution in [2.45, 2.75) is 76.2 Å². The van der Waals surface area contributed by atoms with E-state index in [1.165, 1.54) is 64.2 Å². The Morgan fingerprint density at radius 3 is 2.37 bits per heavy atom. The third-order valence-electron chi connectivity index (χ3n) is 7.43. The minimum absolute atomic E-state index is 0.224. The lowest BCUT2D eigenvalue weighted by molar-refractivity contribution is 0.0106. The molecule has 5 aliphatic carbocycles. The molecule has 4 bridgehead atoms. The van der Waals surface area contributed by atoms with Gasteiger partial charge < -0.3 is 16.4 Å². The van der Waals surface area contributed by atoms with Gasteiger partial charge in [-0.25, -0.2) is 9.97 Å². The van der Waals surface area contributed by atoms with Crippen LogP contribution >= 0.6 is 0 Å². The number of nitrogens with zero attached hydrogens (tertiary/aromatic N) is 2. The van der Waals surface area contributed by atoms with Gasteiger partial charge >= 0.3 is 0 Å². The fraction of sp³-hybridized carbons (Fsp3) is 0.727. The number of hydrogen-bond acceptors (Lipinski definition) is 5. The zero-order chi connectivity index (χ0) is 18.3. The summed E-state index contributed by atoms with van der Waals surface area (Å²) in [5, 5.41) is 7.26. The van der Waals surface area contributed by atoms with E-state index in [4.69, 9.17) is 5.73 Å². The molecule has 1 heterocycles. The normalized spacial score (nSPS) is 34.4. The number of hydrogen-bond donors (Lipinski definition) is 3. The average Bonchev–Trinajstić information content (AvgIpc) is 2.64. The predicted molar refractivity (Wildman–Crippen MR) is 111 cm³/mol. The molecule has 1 aromatic heterocycles.